The molecule has 4 heterocycles. The lowest BCUT2D eigenvalue weighted by molar-refractivity contribution is 0.104. The molecule has 4 fully saturated rings. The maximum atomic E-state index is 13.8. The van der Waals surface area contributed by atoms with Crippen molar-refractivity contribution in [3.05, 3.63) is 135 Å². The summed E-state index contributed by atoms with van der Waals surface area (Å²) in [4.78, 5) is 31.0. The van der Waals surface area contributed by atoms with Crippen molar-refractivity contribution in [2.24, 2.45) is 0 Å². The molecule has 12 heteroatoms. The molecule has 2 amide bonds. The first-order chi connectivity index (χ1) is 37.5. The van der Waals surface area contributed by atoms with E-state index >= 15 is 0 Å². The average Bonchev–Trinajstić information content (AvgIpc) is 4.41. The van der Waals surface area contributed by atoms with E-state index in [-0.39, 0.29) is 36.3 Å². The molecule has 0 spiro atoms. The van der Waals surface area contributed by atoms with Gasteiger partial charge in [0.05, 0.1) is 37.7 Å². The molecule has 9 rings (SSSR count). The summed E-state index contributed by atoms with van der Waals surface area (Å²) < 4.78 is 49.0. The molecule has 12 nitrogen and oxygen atoms in total. The van der Waals surface area contributed by atoms with Crippen molar-refractivity contribution in [2.45, 2.75) is 188 Å². The minimum absolute atomic E-state index is 0.186. The van der Waals surface area contributed by atoms with Crippen LogP contribution in [0.15, 0.2) is 12.1 Å². The van der Waals surface area contributed by atoms with Gasteiger partial charge >= 0.3 is 12.2 Å². The van der Waals surface area contributed by atoms with E-state index in [4.69, 9.17) is 37.9 Å². The third-order valence-electron chi connectivity index (χ3n) is 19.0. The van der Waals surface area contributed by atoms with Gasteiger partial charge in [-0.1, -0.05) is 27.7 Å². The summed E-state index contributed by atoms with van der Waals surface area (Å²) in [6, 6.07) is 3.95. The van der Waals surface area contributed by atoms with Crippen LogP contribution in [0.25, 0.3) is 0 Å². The number of carbonyl (C=O) groups is 2. The Hall–Kier alpha value is -6.24. The molecule has 4 aliphatic rings. The predicted octanol–water partition coefficient (Wildman–Crippen LogP) is 14.3. The first-order valence-corrected chi connectivity index (χ1v) is 28.8. The van der Waals surface area contributed by atoms with Gasteiger partial charge in [-0.15, -0.1) is 0 Å². The maximum absolute atomic E-state index is 13.8. The molecule has 0 aromatic heterocycles. The smallest absolute Gasteiger partial charge is 0.414 e. The van der Waals surface area contributed by atoms with E-state index in [1.165, 1.54) is 89.0 Å². The fourth-order valence-electron chi connectivity index (χ4n) is 14.0. The monoisotopic (exact) mass is 1090 g/mol. The molecule has 80 heavy (non-hydrogen) atoms. The van der Waals surface area contributed by atoms with E-state index in [1.807, 2.05) is 26.0 Å². The molecule has 430 valence electrons. The van der Waals surface area contributed by atoms with Crippen molar-refractivity contribution in [3.8, 4) is 23.0 Å². The van der Waals surface area contributed by atoms with Crippen molar-refractivity contribution < 1.29 is 47.5 Å². The summed E-state index contributed by atoms with van der Waals surface area (Å²) in [6.07, 6.45) is -1.59. The molecule has 5 aromatic rings. The molecule has 4 saturated heterocycles. The Labute approximate surface area is 476 Å². The second-order valence-electron chi connectivity index (χ2n) is 24.9. The number of carbonyl (C=O) groups excluding carboxylic acids is 2. The van der Waals surface area contributed by atoms with Crippen LogP contribution in [-0.4, -0.2) is 89.3 Å². The Morgan fingerprint density at radius 3 is 0.825 bits per heavy atom. The van der Waals surface area contributed by atoms with Crippen LogP contribution in [0.3, 0.4) is 0 Å². The largest absolute Gasteiger partial charge is 0.490 e. The van der Waals surface area contributed by atoms with Crippen molar-refractivity contribution in [1.29, 1.82) is 0 Å². The van der Waals surface area contributed by atoms with Crippen molar-refractivity contribution in [1.82, 2.24) is 0 Å². The van der Waals surface area contributed by atoms with E-state index in [9.17, 15) is 9.59 Å². The third-order valence-corrected chi connectivity index (χ3v) is 19.0. The number of hydrogen-bond donors (Lipinski definition) is 0. The molecule has 5 aromatic carbocycles. The number of nitrogens with zero attached hydrogens (tertiary/aromatic N) is 2. The molecule has 0 bridgehead atoms. The quantitative estimate of drug-likeness (QED) is 0.0784. The summed E-state index contributed by atoms with van der Waals surface area (Å²) in [6.45, 7) is 51.7. The number of cyclic esters (lactones) is 2. The van der Waals surface area contributed by atoms with Gasteiger partial charge in [-0.25, -0.2) is 9.59 Å². The van der Waals surface area contributed by atoms with Gasteiger partial charge in [0.25, 0.3) is 0 Å². The topological polar surface area (TPSA) is 121 Å². The second-order valence-corrected chi connectivity index (χ2v) is 24.9. The number of rotatable bonds is 18. The third kappa shape index (κ3) is 10.2. The molecule has 0 aliphatic carbocycles. The molecule has 0 radical (unpaired) electrons. The van der Waals surface area contributed by atoms with Gasteiger partial charge in [0.15, 0.2) is 12.2 Å². The highest BCUT2D eigenvalue weighted by atomic mass is 16.6. The lowest BCUT2D eigenvalue weighted by atomic mass is 9.68. The SMILES string of the molecule is Cc1cc(N2CC(COc3c(C)c(C)c(C(C)(C)c4c(C)c(C)c(OCC5CO5)c(C)c4C)c(C)c3C)OC2=O)c(C)c(N2CC(COc3c(C)c(C)c(C(C)(C)c4c(C)c(C)c(OCC5CO5)c(C)c4C)c(C)c3C)OC2=O)c1. The average molecular weight is 1090 g/mol. The Bertz CT molecular complexity index is 3020. The predicted molar refractivity (Wildman–Crippen MR) is 318 cm³/mol. The van der Waals surface area contributed by atoms with E-state index in [2.05, 4.69) is 138 Å². The Morgan fingerprint density at radius 1 is 0.375 bits per heavy atom. The zero-order chi connectivity index (χ0) is 58.5. The summed E-state index contributed by atoms with van der Waals surface area (Å²) in [5.74, 6) is 3.56. The molecule has 0 saturated carbocycles. The first kappa shape index (κ1) is 58.4. The molecule has 0 N–H and O–H groups in total. The first-order valence-electron chi connectivity index (χ1n) is 28.8. The Balaban J connectivity index is 0.882. The van der Waals surface area contributed by atoms with Crippen LogP contribution in [0.1, 0.15) is 150 Å². The molecule has 4 unspecified atom stereocenters. The molecular weight excluding hydrogens is 1000 g/mol. The van der Waals surface area contributed by atoms with Crippen LogP contribution in [0, 0.1) is 125 Å². The van der Waals surface area contributed by atoms with Gasteiger partial charge in [0.2, 0.25) is 0 Å². The second kappa shape index (κ2) is 21.6. The number of amides is 2. The van der Waals surface area contributed by atoms with Gasteiger partial charge in [0.1, 0.15) is 61.6 Å². The molecular formula is C68H88N2O10. The normalized spacial score (nSPS) is 19.0. The number of anilines is 2. The summed E-state index contributed by atoms with van der Waals surface area (Å²) in [5, 5.41) is 0. The highest BCUT2D eigenvalue weighted by Crippen LogP contribution is 2.49. The minimum atomic E-state index is -0.525. The lowest BCUT2D eigenvalue weighted by Gasteiger charge is -2.36. The fourth-order valence-corrected chi connectivity index (χ4v) is 14.0. The fraction of sp³-hybridized carbons (Fsp3) is 0.529. The lowest BCUT2D eigenvalue weighted by Crippen LogP contribution is -2.30. The Kier molecular flexibility index (Phi) is 15.8. The van der Waals surface area contributed by atoms with E-state index in [0.29, 0.717) is 37.7 Å². The zero-order valence-corrected chi connectivity index (χ0v) is 52.1. The van der Waals surface area contributed by atoms with Crippen LogP contribution >= 0.6 is 0 Å². The van der Waals surface area contributed by atoms with Crippen molar-refractivity contribution >= 4 is 23.6 Å². The molecule has 4 aliphatic heterocycles. The van der Waals surface area contributed by atoms with Gasteiger partial charge in [-0.2, -0.15) is 0 Å². The zero-order valence-electron chi connectivity index (χ0n) is 52.1. The van der Waals surface area contributed by atoms with Crippen LogP contribution in [0.2, 0.25) is 0 Å². The van der Waals surface area contributed by atoms with Crippen LogP contribution in [0.5, 0.6) is 23.0 Å². The van der Waals surface area contributed by atoms with E-state index in [1.54, 1.807) is 9.80 Å². The van der Waals surface area contributed by atoms with Crippen LogP contribution in [0.4, 0.5) is 21.0 Å². The highest BCUT2D eigenvalue weighted by molar-refractivity contribution is 5.96. The van der Waals surface area contributed by atoms with E-state index < -0.39 is 24.4 Å². The summed E-state index contributed by atoms with van der Waals surface area (Å²) >= 11 is 0. The standard InChI is InChI=1S/C68H88N2O10/c1-33-23-55(69-25-51(79-65(69)71)27-75-61-42(10)34(2)57(35(3)43(61)11)67(19,20)59-38(6)46(14)63(47(15)39(59)7)77-31-53-29-73-53)50(18)56(24-33)70-26-52(80-66(70)72)28-76-62-44(12)36(4)58(37(5)45(62)13)68(21,22)60-40(8)48(16)64(49(17)41(60)9)78-32-54-30-74-54/h23-24,51-54H,25-32H2,1-22H3. The minimum Gasteiger partial charge on any atom is -0.490 e. The van der Waals surface area contributed by atoms with Crippen molar-refractivity contribution in [3.63, 3.8) is 0 Å². The van der Waals surface area contributed by atoms with Gasteiger partial charge < -0.3 is 37.9 Å². The summed E-state index contributed by atoms with van der Waals surface area (Å²) in [7, 11) is 0. The number of ether oxygens (including phenoxy) is 8. The summed E-state index contributed by atoms with van der Waals surface area (Å²) in [5.41, 5.74) is 26.2. The van der Waals surface area contributed by atoms with E-state index in [0.717, 1.165) is 69.6 Å². The maximum Gasteiger partial charge on any atom is 0.414 e. The van der Waals surface area contributed by atoms with Gasteiger partial charge in [0, 0.05) is 10.8 Å². The number of hydrogen-bond acceptors (Lipinski definition) is 10. The Morgan fingerprint density at radius 2 is 0.600 bits per heavy atom. The van der Waals surface area contributed by atoms with Gasteiger partial charge in [-0.05, 0) is 259 Å². The van der Waals surface area contributed by atoms with Crippen LogP contribution in [-0.2, 0) is 29.8 Å². The number of aryl methyl sites for hydroxylation is 1. The number of epoxide rings is 2. The highest BCUT2D eigenvalue weighted by Gasteiger charge is 2.41. The number of benzene rings is 5. The van der Waals surface area contributed by atoms with Crippen LogP contribution < -0.4 is 28.7 Å². The van der Waals surface area contributed by atoms with Crippen molar-refractivity contribution in [2.75, 3.05) is 62.5 Å². The molecule has 4 atom stereocenters. The van der Waals surface area contributed by atoms with Gasteiger partial charge in [-0.3, -0.25) is 9.80 Å².